The monoisotopic (exact) mass is 558 g/mol. The predicted octanol–water partition coefficient (Wildman–Crippen LogP) is 2.38. The lowest BCUT2D eigenvalue weighted by atomic mass is 10.0. The van der Waals surface area contributed by atoms with Crippen molar-refractivity contribution < 1.29 is 47.6 Å². The Balaban J connectivity index is 1.68. The van der Waals surface area contributed by atoms with E-state index in [9.17, 15) is 18.3 Å². The highest BCUT2D eigenvalue weighted by atomic mass is 32.2. The Hall–Kier alpha value is -2.70. The first-order valence-corrected chi connectivity index (χ1v) is 13.2. The van der Waals surface area contributed by atoms with Crippen LogP contribution in [-0.4, -0.2) is 74.7 Å². The van der Waals surface area contributed by atoms with Crippen LogP contribution in [0.2, 0.25) is 0 Å². The van der Waals surface area contributed by atoms with Gasteiger partial charge in [0.25, 0.3) is 0 Å². The van der Waals surface area contributed by atoms with Gasteiger partial charge in [0, 0.05) is 31.1 Å². The van der Waals surface area contributed by atoms with Gasteiger partial charge in [0.2, 0.25) is 10.0 Å². The summed E-state index contributed by atoms with van der Waals surface area (Å²) in [4.78, 5) is 12.8. The number of aliphatic hydroxyl groups is 1. The van der Waals surface area contributed by atoms with Crippen LogP contribution in [0.5, 0.6) is 0 Å². The Bertz CT molecular complexity index is 1570. The summed E-state index contributed by atoms with van der Waals surface area (Å²) < 4.78 is 132. The van der Waals surface area contributed by atoms with Crippen molar-refractivity contribution >= 4 is 21.8 Å². The molecule has 11 heteroatoms. The lowest BCUT2D eigenvalue weighted by Crippen LogP contribution is -2.51. The van der Waals surface area contributed by atoms with E-state index in [0.717, 1.165) is 12.1 Å². The first-order valence-electron chi connectivity index (χ1n) is 17.2. The molecular formula is C27H37N3O7S. The number of sulfonamides is 1. The molecule has 0 saturated carbocycles. The molecule has 0 bridgehead atoms. The number of benzene rings is 2. The zero-order valence-corrected chi connectivity index (χ0v) is 21.1. The average molecular weight is 559 g/mol. The molecule has 2 aromatic rings. The number of fused-ring (bicyclic) bond motifs is 1. The second-order valence-electron chi connectivity index (χ2n) is 8.82. The number of nitrogens with zero attached hydrogens (tertiary/aromatic N) is 1. The second kappa shape index (κ2) is 12.4. The molecule has 2 saturated heterocycles. The summed E-state index contributed by atoms with van der Waals surface area (Å²) >= 11 is 0. The summed E-state index contributed by atoms with van der Waals surface area (Å²) in [6.07, 6.45) is -8.72. The van der Waals surface area contributed by atoms with E-state index < -0.39 is 104 Å². The maximum absolute atomic E-state index is 13.9. The van der Waals surface area contributed by atoms with E-state index in [2.05, 4.69) is 5.32 Å². The van der Waals surface area contributed by atoms with Crippen LogP contribution in [0.4, 0.5) is 10.5 Å². The van der Waals surface area contributed by atoms with Gasteiger partial charge in [0.05, 0.1) is 38.9 Å². The Morgan fingerprint density at radius 3 is 2.68 bits per heavy atom. The molecule has 2 aliphatic rings. The van der Waals surface area contributed by atoms with Crippen molar-refractivity contribution in [2.75, 3.05) is 32.0 Å². The van der Waals surface area contributed by atoms with Crippen molar-refractivity contribution in [2.24, 2.45) is 11.8 Å². The zero-order chi connectivity index (χ0) is 36.8. The topological polar surface area (TPSA) is 140 Å². The highest BCUT2D eigenvalue weighted by Gasteiger charge is 2.44. The lowest BCUT2D eigenvalue weighted by molar-refractivity contribution is -0.0907. The molecule has 10 nitrogen and oxygen atoms in total. The van der Waals surface area contributed by atoms with Crippen molar-refractivity contribution in [2.45, 2.75) is 55.9 Å². The summed E-state index contributed by atoms with van der Waals surface area (Å²) in [6, 6.07) is 11.4. The standard InChI is InChI=1S/C27H37N3O7S/c1-18(2)15-30(38(33,34)21-10-8-20(28)9-11-21)16-24(31)23(14-19-6-4-3-5-7-19)29-27(32)37-25-17-36-26-22(25)12-13-35-26/h3-11,18,22-26,31H,12-17,28H2,1-2H3,(H,29,32)/t22-,23-,24+,25-,26+/m0/s1/i1D3,2D3,12D2,17D2,18D. The van der Waals surface area contributed by atoms with E-state index >= 15 is 0 Å². The molecule has 0 aromatic heterocycles. The van der Waals surface area contributed by atoms with Crippen LogP contribution in [0.25, 0.3) is 0 Å². The van der Waals surface area contributed by atoms with Gasteiger partial charge in [-0.1, -0.05) is 44.0 Å². The number of hydrogen-bond acceptors (Lipinski definition) is 8. The fraction of sp³-hybridized carbons (Fsp3) is 0.519. The molecule has 0 aliphatic carbocycles. The number of rotatable bonds is 11. The normalized spacial score (nSPS) is 30.7. The summed E-state index contributed by atoms with van der Waals surface area (Å²) in [7, 11) is -4.83. The van der Waals surface area contributed by atoms with Crippen molar-refractivity contribution in [3.05, 3.63) is 60.2 Å². The number of ether oxygens (including phenoxy) is 3. The van der Waals surface area contributed by atoms with E-state index in [0.29, 0.717) is 9.87 Å². The van der Waals surface area contributed by atoms with E-state index in [1.807, 2.05) is 0 Å². The fourth-order valence-electron chi connectivity index (χ4n) is 4.09. The third kappa shape index (κ3) is 7.03. The first-order chi connectivity index (χ1) is 22.4. The van der Waals surface area contributed by atoms with Gasteiger partial charge in [-0.05, 0) is 48.5 Å². The smallest absolute Gasteiger partial charge is 0.407 e. The first kappa shape index (κ1) is 17.1. The van der Waals surface area contributed by atoms with Crippen LogP contribution in [0.1, 0.15) is 40.7 Å². The molecule has 38 heavy (non-hydrogen) atoms. The fourth-order valence-corrected chi connectivity index (χ4v) is 5.52. The number of aliphatic hydroxyl groups excluding tert-OH is 1. The van der Waals surface area contributed by atoms with Gasteiger partial charge in [-0.25, -0.2) is 13.2 Å². The summed E-state index contributed by atoms with van der Waals surface area (Å²) in [5.41, 5.74) is 6.37. The van der Waals surface area contributed by atoms with Crippen molar-refractivity contribution in [1.29, 1.82) is 0 Å². The number of amides is 1. The molecule has 4 N–H and O–H groups in total. The van der Waals surface area contributed by atoms with E-state index in [-0.39, 0.29) is 12.1 Å². The summed E-state index contributed by atoms with van der Waals surface area (Å²) in [6.45, 7) is -12.6. The molecule has 2 aliphatic heterocycles. The molecule has 0 spiro atoms. The van der Waals surface area contributed by atoms with Crippen LogP contribution >= 0.6 is 0 Å². The quantitative estimate of drug-likeness (QED) is 0.357. The van der Waals surface area contributed by atoms with E-state index in [1.54, 1.807) is 30.3 Å². The number of anilines is 1. The minimum absolute atomic E-state index is 0.177. The van der Waals surface area contributed by atoms with Crippen LogP contribution in [0, 0.1) is 11.8 Å². The highest BCUT2D eigenvalue weighted by Crippen LogP contribution is 2.33. The minimum Gasteiger partial charge on any atom is -0.443 e. The van der Waals surface area contributed by atoms with Gasteiger partial charge >= 0.3 is 6.09 Å². The van der Waals surface area contributed by atoms with Crippen molar-refractivity contribution in [3.63, 3.8) is 0 Å². The summed E-state index contributed by atoms with van der Waals surface area (Å²) in [5, 5.41) is 13.9. The molecule has 2 heterocycles. The number of hydrogen-bond donors (Lipinski definition) is 3. The van der Waals surface area contributed by atoms with Crippen LogP contribution in [0.15, 0.2) is 59.5 Å². The van der Waals surface area contributed by atoms with Gasteiger partial charge in [-0.3, -0.25) is 0 Å². The molecule has 4 rings (SSSR count). The van der Waals surface area contributed by atoms with Gasteiger partial charge in [-0.2, -0.15) is 4.31 Å². The number of carbonyl (C=O) groups excluding carboxylic acids is 1. The molecule has 5 atom stereocenters. The molecule has 208 valence electrons. The Morgan fingerprint density at radius 1 is 1.24 bits per heavy atom. The lowest BCUT2D eigenvalue weighted by Gasteiger charge is -2.31. The third-order valence-electron chi connectivity index (χ3n) is 6.03. The van der Waals surface area contributed by atoms with Gasteiger partial charge < -0.3 is 30.4 Å². The maximum Gasteiger partial charge on any atom is 0.407 e. The number of nitrogen functional groups attached to an aromatic ring is 1. The average Bonchev–Trinajstić information content (AvgIpc) is 3.41. The van der Waals surface area contributed by atoms with Crippen LogP contribution < -0.4 is 11.1 Å². The predicted molar refractivity (Wildman–Crippen MR) is 142 cm³/mol. The Labute approximate surface area is 239 Å². The molecule has 0 radical (unpaired) electrons. The SMILES string of the molecule is [2H]C1([2H])CO[C@@H]2OC([2H])([2H])[C@H](OC(=O)N[C@@H](Cc3ccccc3)[C@H](O)CN(CC([2H])(C([2H])([2H])[2H])C([2H])([2H])[2H])S(=O)(=O)c3ccc(N)cc3)[C@@H]21. The molecule has 1 amide bonds. The van der Waals surface area contributed by atoms with Crippen molar-refractivity contribution in [1.82, 2.24) is 9.62 Å². The van der Waals surface area contributed by atoms with E-state index in [4.69, 9.17) is 35.0 Å². The molecule has 0 unspecified atom stereocenters. The zero-order valence-electron chi connectivity index (χ0n) is 31.2. The number of nitrogens with two attached hydrogens (primary N) is 1. The second-order valence-corrected chi connectivity index (χ2v) is 10.8. The molecular weight excluding hydrogens is 510 g/mol. The summed E-state index contributed by atoms with van der Waals surface area (Å²) in [5.74, 6) is -4.72. The van der Waals surface area contributed by atoms with Crippen molar-refractivity contribution in [3.8, 4) is 0 Å². The van der Waals surface area contributed by atoms with Gasteiger partial charge in [0.15, 0.2) is 6.29 Å². The van der Waals surface area contributed by atoms with Crippen LogP contribution in [0.3, 0.4) is 0 Å². The third-order valence-corrected chi connectivity index (χ3v) is 7.86. The highest BCUT2D eigenvalue weighted by molar-refractivity contribution is 7.89. The number of nitrogens with one attached hydrogen (secondary N) is 1. The molecule has 2 fully saturated rings. The number of carbonyl (C=O) groups is 1. The molecule has 2 aromatic carbocycles. The van der Waals surface area contributed by atoms with Gasteiger partial charge in [0.1, 0.15) is 6.10 Å². The van der Waals surface area contributed by atoms with Gasteiger partial charge in [-0.15, -0.1) is 0 Å². The Kier molecular flexibility index (Phi) is 5.59. The van der Waals surface area contributed by atoms with E-state index in [1.165, 1.54) is 12.1 Å². The maximum atomic E-state index is 13.9. The van der Waals surface area contributed by atoms with Crippen LogP contribution in [-0.2, 0) is 30.7 Å². The Morgan fingerprint density at radius 2 is 1.97 bits per heavy atom. The number of alkyl carbamates (subject to hydrolysis) is 1. The minimum atomic E-state index is -4.83. The largest absolute Gasteiger partial charge is 0.443 e.